The van der Waals surface area contributed by atoms with Crippen LogP contribution in [0.15, 0.2) is 24.3 Å². The van der Waals surface area contributed by atoms with Gasteiger partial charge in [-0.3, -0.25) is 0 Å². The fourth-order valence-corrected chi connectivity index (χ4v) is 3.30. The highest BCUT2D eigenvalue weighted by Gasteiger charge is 2.11. The van der Waals surface area contributed by atoms with E-state index in [0.717, 1.165) is 18.5 Å². The van der Waals surface area contributed by atoms with Gasteiger partial charge in [0.15, 0.2) is 0 Å². The van der Waals surface area contributed by atoms with Gasteiger partial charge in [-0.1, -0.05) is 77.8 Å². The zero-order valence-electron chi connectivity index (χ0n) is 15.4. The molecule has 1 heterocycles. The maximum atomic E-state index is 4.89. The molecule has 128 valence electrons. The largest absolute Gasteiger partial charge is 0.328 e. The summed E-state index contributed by atoms with van der Waals surface area (Å²) in [6, 6.07) is 8.57. The number of hydrogen-bond donors (Lipinski definition) is 0. The van der Waals surface area contributed by atoms with E-state index in [1.165, 1.54) is 62.7 Å². The lowest BCUT2D eigenvalue weighted by Crippen LogP contribution is -2.08. The molecule has 2 rings (SSSR count). The van der Waals surface area contributed by atoms with Crippen LogP contribution in [0.4, 0.5) is 0 Å². The van der Waals surface area contributed by atoms with Crippen LogP contribution in [0.3, 0.4) is 0 Å². The van der Waals surface area contributed by atoms with Crippen LogP contribution in [0.1, 0.15) is 78.0 Å². The van der Waals surface area contributed by atoms with Crippen molar-refractivity contribution in [2.75, 3.05) is 0 Å². The zero-order valence-corrected chi connectivity index (χ0v) is 15.4. The minimum atomic E-state index is 0.657. The van der Waals surface area contributed by atoms with Gasteiger partial charge >= 0.3 is 0 Å². The predicted octanol–water partition coefficient (Wildman–Crippen LogP) is 6.38. The first-order valence-electron chi connectivity index (χ1n) is 9.66. The maximum Gasteiger partial charge on any atom is 0.109 e. The first-order valence-corrected chi connectivity index (χ1v) is 9.66. The molecule has 0 atom stereocenters. The zero-order chi connectivity index (χ0) is 16.5. The van der Waals surface area contributed by atoms with Crippen LogP contribution in [-0.4, -0.2) is 9.55 Å². The van der Waals surface area contributed by atoms with Crippen molar-refractivity contribution >= 4 is 11.0 Å². The fraction of sp³-hybridized carbons (Fsp3) is 0.667. The smallest absolute Gasteiger partial charge is 0.109 e. The lowest BCUT2D eigenvalue weighted by atomic mass is 10.1. The molecule has 0 spiro atoms. The van der Waals surface area contributed by atoms with Crippen molar-refractivity contribution in [3.8, 4) is 0 Å². The number of fused-ring (bicyclic) bond motifs is 1. The topological polar surface area (TPSA) is 17.8 Å². The predicted molar refractivity (Wildman–Crippen MR) is 101 cm³/mol. The molecule has 0 saturated heterocycles. The second-order valence-electron chi connectivity index (χ2n) is 7.25. The number of nitrogens with zero attached hydrogens (tertiary/aromatic N) is 2. The Hall–Kier alpha value is -1.31. The summed E-state index contributed by atoms with van der Waals surface area (Å²) in [7, 11) is 0. The summed E-state index contributed by atoms with van der Waals surface area (Å²) < 4.78 is 2.45. The van der Waals surface area contributed by atoms with Gasteiger partial charge in [0.2, 0.25) is 0 Å². The van der Waals surface area contributed by atoms with Crippen LogP contribution < -0.4 is 0 Å². The highest BCUT2D eigenvalue weighted by Crippen LogP contribution is 2.20. The molecule has 23 heavy (non-hydrogen) atoms. The SMILES string of the molecule is CCCCCCCCCCc1nc2ccccc2n1CC(C)C. The van der Waals surface area contributed by atoms with Crippen LogP contribution >= 0.6 is 0 Å². The van der Waals surface area contributed by atoms with Crippen LogP contribution in [0, 0.1) is 5.92 Å². The molecule has 0 radical (unpaired) electrons. The average molecular weight is 315 g/mol. The van der Waals surface area contributed by atoms with E-state index in [1.807, 2.05) is 0 Å². The number of unbranched alkanes of at least 4 members (excludes halogenated alkanes) is 7. The van der Waals surface area contributed by atoms with Gasteiger partial charge in [-0.25, -0.2) is 4.98 Å². The van der Waals surface area contributed by atoms with Crippen molar-refractivity contribution in [3.05, 3.63) is 30.1 Å². The summed E-state index contributed by atoms with van der Waals surface area (Å²) in [5.74, 6) is 1.94. The molecule has 0 aliphatic carbocycles. The van der Waals surface area contributed by atoms with Crippen molar-refractivity contribution < 1.29 is 0 Å². The molecular weight excluding hydrogens is 280 g/mol. The summed E-state index contributed by atoms with van der Waals surface area (Å²) in [6.45, 7) is 7.93. The van der Waals surface area contributed by atoms with Crippen LogP contribution in [0.2, 0.25) is 0 Å². The van der Waals surface area contributed by atoms with E-state index in [0.29, 0.717) is 5.92 Å². The van der Waals surface area contributed by atoms with Gasteiger partial charge in [-0.15, -0.1) is 0 Å². The normalized spacial score (nSPS) is 11.7. The summed E-state index contributed by atoms with van der Waals surface area (Å²) in [5, 5.41) is 0. The Morgan fingerprint density at radius 1 is 0.913 bits per heavy atom. The number of benzene rings is 1. The summed E-state index contributed by atoms with van der Waals surface area (Å²) in [4.78, 5) is 4.89. The molecule has 1 aromatic heterocycles. The number of imidazole rings is 1. The van der Waals surface area contributed by atoms with Gasteiger partial charge in [0.25, 0.3) is 0 Å². The number of hydrogen-bond acceptors (Lipinski definition) is 1. The van der Waals surface area contributed by atoms with Gasteiger partial charge in [0, 0.05) is 13.0 Å². The first kappa shape index (κ1) is 18.0. The van der Waals surface area contributed by atoms with Gasteiger partial charge in [-0.2, -0.15) is 0 Å². The second kappa shape index (κ2) is 9.75. The molecule has 0 amide bonds. The molecule has 1 aromatic carbocycles. The monoisotopic (exact) mass is 314 g/mol. The molecule has 0 saturated carbocycles. The Morgan fingerprint density at radius 3 is 2.26 bits per heavy atom. The van der Waals surface area contributed by atoms with Crippen molar-refractivity contribution in [3.63, 3.8) is 0 Å². The molecule has 2 nitrogen and oxygen atoms in total. The van der Waals surface area contributed by atoms with E-state index in [-0.39, 0.29) is 0 Å². The van der Waals surface area contributed by atoms with E-state index in [9.17, 15) is 0 Å². The highest BCUT2D eigenvalue weighted by molar-refractivity contribution is 5.75. The van der Waals surface area contributed by atoms with Gasteiger partial charge in [0.1, 0.15) is 5.82 Å². The molecular formula is C21H34N2. The van der Waals surface area contributed by atoms with Crippen LogP contribution in [0.25, 0.3) is 11.0 Å². The average Bonchev–Trinajstić information content (AvgIpc) is 2.87. The van der Waals surface area contributed by atoms with E-state index in [2.05, 4.69) is 49.6 Å². The minimum Gasteiger partial charge on any atom is -0.328 e. The Balaban J connectivity index is 1.84. The summed E-state index contributed by atoms with van der Waals surface area (Å²) >= 11 is 0. The number of aromatic nitrogens is 2. The maximum absolute atomic E-state index is 4.89. The van der Waals surface area contributed by atoms with Crippen LogP contribution in [-0.2, 0) is 13.0 Å². The fourth-order valence-electron chi connectivity index (χ4n) is 3.30. The first-order chi connectivity index (χ1) is 11.2. The molecule has 0 unspecified atom stereocenters. The minimum absolute atomic E-state index is 0.657. The molecule has 0 aliphatic heterocycles. The molecule has 0 bridgehead atoms. The number of aryl methyl sites for hydroxylation is 1. The molecule has 2 aromatic rings. The third-order valence-corrected chi connectivity index (χ3v) is 4.54. The third kappa shape index (κ3) is 5.67. The van der Waals surface area contributed by atoms with E-state index < -0.39 is 0 Å². The quantitative estimate of drug-likeness (QED) is 0.440. The molecule has 0 N–H and O–H groups in total. The molecule has 0 fully saturated rings. The summed E-state index contributed by atoms with van der Waals surface area (Å²) in [5.41, 5.74) is 2.46. The van der Waals surface area contributed by atoms with Crippen LogP contribution in [0.5, 0.6) is 0 Å². The second-order valence-corrected chi connectivity index (χ2v) is 7.25. The standard InChI is InChI=1S/C21H34N2/c1-4-5-6-7-8-9-10-11-16-21-22-19-14-12-13-15-20(19)23(21)17-18(2)3/h12-15,18H,4-11,16-17H2,1-3H3. The van der Waals surface area contributed by atoms with Crippen molar-refractivity contribution in [1.29, 1.82) is 0 Å². The molecule has 0 aliphatic rings. The van der Waals surface area contributed by atoms with E-state index in [1.54, 1.807) is 0 Å². The molecule has 2 heteroatoms. The lowest BCUT2D eigenvalue weighted by molar-refractivity contribution is 0.508. The van der Waals surface area contributed by atoms with E-state index >= 15 is 0 Å². The van der Waals surface area contributed by atoms with Crippen molar-refractivity contribution in [2.45, 2.75) is 85.1 Å². The Morgan fingerprint density at radius 2 is 1.57 bits per heavy atom. The summed E-state index contributed by atoms with van der Waals surface area (Å²) in [6.07, 6.45) is 12.1. The Labute approximate surface area is 142 Å². The Kier molecular flexibility index (Phi) is 7.64. The van der Waals surface area contributed by atoms with Gasteiger partial charge in [0.05, 0.1) is 11.0 Å². The Bertz CT molecular complexity index is 568. The van der Waals surface area contributed by atoms with Gasteiger partial charge in [-0.05, 0) is 24.5 Å². The van der Waals surface area contributed by atoms with Gasteiger partial charge < -0.3 is 4.57 Å². The highest BCUT2D eigenvalue weighted by atomic mass is 15.1. The van der Waals surface area contributed by atoms with E-state index in [4.69, 9.17) is 4.98 Å². The van der Waals surface area contributed by atoms with Crippen molar-refractivity contribution in [2.24, 2.45) is 5.92 Å². The number of para-hydroxylation sites is 2. The third-order valence-electron chi connectivity index (χ3n) is 4.54. The number of rotatable bonds is 11. The lowest BCUT2D eigenvalue weighted by Gasteiger charge is -2.11. The van der Waals surface area contributed by atoms with Crippen molar-refractivity contribution in [1.82, 2.24) is 9.55 Å².